The predicted octanol–water partition coefficient (Wildman–Crippen LogP) is 3.47. The Bertz CT molecular complexity index is 813. The summed E-state index contributed by atoms with van der Waals surface area (Å²) < 4.78 is 43.1. The van der Waals surface area contributed by atoms with Crippen molar-refractivity contribution in [1.29, 1.82) is 0 Å². The number of carbonyl (C=O) groups is 2. The van der Waals surface area contributed by atoms with E-state index in [0.717, 1.165) is 12.1 Å². The zero-order chi connectivity index (χ0) is 18.4. The third kappa shape index (κ3) is 5.49. The van der Waals surface area contributed by atoms with Gasteiger partial charge in [0.15, 0.2) is 12.4 Å². The Labute approximate surface area is 141 Å². The van der Waals surface area contributed by atoms with Crippen molar-refractivity contribution >= 4 is 17.8 Å². The van der Waals surface area contributed by atoms with Gasteiger partial charge in [0, 0.05) is 5.56 Å². The first-order valence-corrected chi connectivity index (χ1v) is 7.16. The fourth-order valence-electron chi connectivity index (χ4n) is 1.98. The Hall–Kier alpha value is -3.09. The van der Waals surface area contributed by atoms with E-state index in [1.165, 1.54) is 36.4 Å². The van der Waals surface area contributed by atoms with Crippen LogP contribution in [-0.2, 0) is 11.0 Å². The minimum absolute atomic E-state index is 0.254. The van der Waals surface area contributed by atoms with Crippen LogP contribution < -0.4 is 10.5 Å². The van der Waals surface area contributed by atoms with Crippen molar-refractivity contribution in [2.75, 3.05) is 6.61 Å². The molecule has 0 aliphatic rings. The number of ketones is 1. The summed E-state index contributed by atoms with van der Waals surface area (Å²) in [7, 11) is 0. The van der Waals surface area contributed by atoms with Gasteiger partial charge in [0.05, 0.1) is 5.56 Å². The van der Waals surface area contributed by atoms with Gasteiger partial charge in [-0.3, -0.25) is 9.59 Å². The van der Waals surface area contributed by atoms with Gasteiger partial charge in [-0.05, 0) is 35.9 Å². The van der Waals surface area contributed by atoms with E-state index in [4.69, 9.17) is 10.5 Å². The third-order valence-electron chi connectivity index (χ3n) is 3.14. The number of allylic oxidation sites excluding steroid dienone is 1. The molecule has 25 heavy (non-hydrogen) atoms. The first kappa shape index (κ1) is 18.3. The van der Waals surface area contributed by atoms with Crippen LogP contribution >= 0.6 is 0 Å². The summed E-state index contributed by atoms with van der Waals surface area (Å²) in [5.41, 5.74) is 4.71. The zero-order valence-corrected chi connectivity index (χ0v) is 12.9. The van der Waals surface area contributed by atoms with Crippen molar-refractivity contribution in [3.63, 3.8) is 0 Å². The number of primary amides is 1. The number of carbonyl (C=O) groups excluding carboxylic acids is 2. The number of hydrogen-bond donors (Lipinski definition) is 1. The van der Waals surface area contributed by atoms with Crippen LogP contribution in [0.4, 0.5) is 13.2 Å². The Morgan fingerprint density at radius 2 is 1.80 bits per heavy atom. The van der Waals surface area contributed by atoms with Crippen molar-refractivity contribution in [1.82, 2.24) is 0 Å². The van der Waals surface area contributed by atoms with Crippen molar-refractivity contribution in [3.05, 3.63) is 71.3 Å². The summed E-state index contributed by atoms with van der Waals surface area (Å²) in [4.78, 5) is 22.8. The van der Waals surface area contributed by atoms with E-state index < -0.39 is 23.4 Å². The molecule has 2 aromatic carbocycles. The molecule has 1 amide bonds. The van der Waals surface area contributed by atoms with Gasteiger partial charge in [-0.1, -0.05) is 30.3 Å². The molecule has 0 aromatic heterocycles. The average Bonchev–Trinajstić information content (AvgIpc) is 2.57. The standard InChI is InChI=1S/C18H14F3NO3/c19-18(20,21)14-5-1-3-12(9-14)7-8-16(23)13-4-2-6-15(10-13)25-11-17(22)24/h1-10H,11H2,(H2,22,24). The van der Waals surface area contributed by atoms with Crippen LogP contribution in [0.2, 0.25) is 0 Å². The minimum Gasteiger partial charge on any atom is -0.484 e. The van der Waals surface area contributed by atoms with Gasteiger partial charge in [-0.2, -0.15) is 13.2 Å². The van der Waals surface area contributed by atoms with Crippen LogP contribution in [0, 0.1) is 0 Å². The second kappa shape index (κ2) is 7.65. The molecule has 0 saturated heterocycles. The van der Waals surface area contributed by atoms with Crippen LogP contribution in [0.3, 0.4) is 0 Å². The van der Waals surface area contributed by atoms with E-state index in [2.05, 4.69) is 0 Å². The number of hydrogen-bond acceptors (Lipinski definition) is 3. The molecule has 0 aliphatic heterocycles. The van der Waals surface area contributed by atoms with Gasteiger partial charge in [0.25, 0.3) is 5.91 Å². The molecule has 0 spiro atoms. The van der Waals surface area contributed by atoms with Crippen molar-refractivity contribution in [2.45, 2.75) is 6.18 Å². The van der Waals surface area contributed by atoms with Gasteiger partial charge in [0.2, 0.25) is 0 Å². The maximum Gasteiger partial charge on any atom is 0.416 e. The smallest absolute Gasteiger partial charge is 0.416 e. The number of alkyl halides is 3. The summed E-state index contributed by atoms with van der Waals surface area (Å²) in [6.45, 7) is -0.322. The first-order chi connectivity index (χ1) is 11.8. The predicted molar refractivity (Wildman–Crippen MR) is 85.9 cm³/mol. The number of nitrogens with two attached hydrogens (primary N) is 1. The molecular formula is C18H14F3NO3. The maximum absolute atomic E-state index is 12.7. The van der Waals surface area contributed by atoms with Crippen molar-refractivity contribution < 1.29 is 27.5 Å². The number of benzene rings is 2. The third-order valence-corrected chi connectivity index (χ3v) is 3.14. The lowest BCUT2D eigenvalue weighted by Crippen LogP contribution is -2.20. The van der Waals surface area contributed by atoms with Crippen LogP contribution in [0.1, 0.15) is 21.5 Å². The molecule has 130 valence electrons. The topological polar surface area (TPSA) is 69.4 Å². The Morgan fingerprint density at radius 3 is 2.48 bits per heavy atom. The minimum atomic E-state index is -4.44. The highest BCUT2D eigenvalue weighted by Gasteiger charge is 2.30. The van der Waals surface area contributed by atoms with Crippen LogP contribution in [-0.4, -0.2) is 18.3 Å². The lowest BCUT2D eigenvalue weighted by molar-refractivity contribution is -0.137. The van der Waals surface area contributed by atoms with Gasteiger partial charge in [-0.15, -0.1) is 0 Å². The SMILES string of the molecule is NC(=O)COc1cccc(C(=O)C=Cc2cccc(C(F)(F)F)c2)c1. The summed E-state index contributed by atoms with van der Waals surface area (Å²) in [5.74, 6) is -0.778. The van der Waals surface area contributed by atoms with Gasteiger partial charge in [0.1, 0.15) is 5.75 Å². The lowest BCUT2D eigenvalue weighted by Gasteiger charge is -2.06. The number of halogens is 3. The fourth-order valence-corrected chi connectivity index (χ4v) is 1.98. The van der Waals surface area contributed by atoms with Crippen LogP contribution in [0.25, 0.3) is 6.08 Å². The van der Waals surface area contributed by atoms with E-state index in [1.807, 2.05) is 0 Å². The molecular weight excluding hydrogens is 335 g/mol. The molecule has 0 aliphatic carbocycles. The highest BCUT2D eigenvalue weighted by molar-refractivity contribution is 6.07. The summed E-state index contributed by atoms with van der Waals surface area (Å²) in [6.07, 6.45) is -1.98. The molecule has 7 heteroatoms. The van der Waals surface area contributed by atoms with E-state index >= 15 is 0 Å². The first-order valence-electron chi connectivity index (χ1n) is 7.16. The maximum atomic E-state index is 12.7. The highest BCUT2D eigenvalue weighted by atomic mass is 19.4. The second-order valence-corrected chi connectivity index (χ2v) is 5.10. The molecule has 0 bridgehead atoms. The van der Waals surface area contributed by atoms with Gasteiger partial charge in [-0.25, -0.2) is 0 Å². The molecule has 0 radical (unpaired) electrons. The Morgan fingerprint density at radius 1 is 1.08 bits per heavy atom. The summed E-state index contributed by atoms with van der Waals surface area (Å²) >= 11 is 0. The molecule has 0 saturated carbocycles. The van der Waals surface area contributed by atoms with Crippen LogP contribution in [0.15, 0.2) is 54.6 Å². The van der Waals surface area contributed by atoms with Crippen LogP contribution in [0.5, 0.6) is 5.75 Å². The van der Waals surface area contributed by atoms with Crippen molar-refractivity contribution in [2.24, 2.45) is 5.73 Å². The van der Waals surface area contributed by atoms with E-state index in [-0.39, 0.29) is 23.5 Å². The zero-order valence-electron chi connectivity index (χ0n) is 12.9. The molecule has 4 nitrogen and oxygen atoms in total. The summed E-state index contributed by atoms with van der Waals surface area (Å²) in [5, 5.41) is 0. The molecule has 0 fully saturated rings. The molecule has 2 rings (SSSR count). The normalized spacial score (nSPS) is 11.5. The monoisotopic (exact) mass is 349 g/mol. The quantitative estimate of drug-likeness (QED) is 0.641. The second-order valence-electron chi connectivity index (χ2n) is 5.10. The number of rotatable bonds is 6. The van der Waals surface area contributed by atoms with Gasteiger partial charge >= 0.3 is 6.18 Å². The van der Waals surface area contributed by atoms with E-state index in [0.29, 0.717) is 0 Å². The molecule has 2 aromatic rings. The molecule has 0 heterocycles. The van der Waals surface area contributed by atoms with Crippen molar-refractivity contribution in [3.8, 4) is 5.75 Å². The Kier molecular flexibility index (Phi) is 5.59. The summed E-state index contributed by atoms with van der Waals surface area (Å²) in [6, 6.07) is 10.7. The van der Waals surface area contributed by atoms with E-state index in [1.54, 1.807) is 12.1 Å². The Balaban J connectivity index is 2.13. The highest BCUT2D eigenvalue weighted by Crippen LogP contribution is 2.29. The number of amides is 1. The lowest BCUT2D eigenvalue weighted by atomic mass is 10.1. The van der Waals surface area contributed by atoms with Gasteiger partial charge < -0.3 is 10.5 Å². The number of ether oxygens (including phenoxy) is 1. The molecule has 0 atom stereocenters. The molecule has 0 unspecified atom stereocenters. The van der Waals surface area contributed by atoms with E-state index in [9.17, 15) is 22.8 Å². The average molecular weight is 349 g/mol. The fraction of sp³-hybridized carbons (Fsp3) is 0.111. The largest absolute Gasteiger partial charge is 0.484 e. The molecule has 2 N–H and O–H groups in total.